The third-order valence-electron chi connectivity index (χ3n) is 3.28. The number of aryl methyl sites for hydroxylation is 2. The van der Waals surface area contributed by atoms with Crippen LogP contribution in [0.4, 0.5) is 17.2 Å². The van der Waals surface area contributed by atoms with Gasteiger partial charge in [-0.1, -0.05) is 6.07 Å². The highest BCUT2D eigenvalue weighted by Crippen LogP contribution is 2.31. The van der Waals surface area contributed by atoms with Crippen molar-refractivity contribution in [2.75, 3.05) is 5.32 Å². The van der Waals surface area contributed by atoms with Crippen molar-refractivity contribution >= 4 is 33.1 Å². The zero-order chi connectivity index (χ0) is 18.0. The minimum absolute atomic E-state index is 0.0648. The minimum atomic E-state index is -0.458. The lowest BCUT2D eigenvalue weighted by Crippen LogP contribution is -2.01. The number of nitrogens with zero attached hydrogens (tertiary/aromatic N) is 5. The first kappa shape index (κ1) is 16.8. The molecule has 0 aliphatic carbocycles. The van der Waals surface area contributed by atoms with E-state index in [-0.39, 0.29) is 11.7 Å². The highest BCUT2D eigenvalue weighted by atomic mass is 79.9. The van der Waals surface area contributed by atoms with Gasteiger partial charge in [0.1, 0.15) is 11.4 Å². The molecule has 3 rings (SSSR count). The number of rotatable bonds is 5. The fraction of sp³-hybridized carbons (Fsp3) is 0.133. The van der Waals surface area contributed by atoms with Crippen molar-refractivity contribution < 1.29 is 9.66 Å². The molecule has 0 saturated carbocycles. The number of anilines is 2. The first-order chi connectivity index (χ1) is 11.9. The van der Waals surface area contributed by atoms with E-state index in [0.717, 1.165) is 4.47 Å². The van der Waals surface area contributed by atoms with Crippen LogP contribution in [0.3, 0.4) is 0 Å². The Balaban J connectivity index is 1.85. The topological polar surface area (TPSA) is 108 Å². The normalized spacial score (nSPS) is 10.5. The van der Waals surface area contributed by atoms with E-state index in [2.05, 4.69) is 36.3 Å². The van der Waals surface area contributed by atoms with Crippen molar-refractivity contribution in [2.24, 2.45) is 7.05 Å². The third kappa shape index (κ3) is 3.74. The van der Waals surface area contributed by atoms with Crippen molar-refractivity contribution in [3.8, 4) is 11.8 Å². The first-order valence-electron chi connectivity index (χ1n) is 7.14. The Labute approximate surface area is 151 Å². The predicted octanol–water partition coefficient (Wildman–Crippen LogP) is 3.73. The molecule has 0 spiro atoms. The Bertz CT molecular complexity index is 926. The van der Waals surface area contributed by atoms with Crippen LogP contribution in [0, 0.1) is 17.0 Å². The fourth-order valence-corrected chi connectivity index (χ4v) is 2.44. The average molecular weight is 405 g/mol. The van der Waals surface area contributed by atoms with Gasteiger partial charge in [0.25, 0.3) is 0 Å². The molecule has 3 aromatic rings. The Morgan fingerprint density at radius 1 is 1.32 bits per heavy atom. The number of halogens is 1. The number of aromatic nitrogens is 4. The van der Waals surface area contributed by atoms with Crippen LogP contribution in [-0.4, -0.2) is 24.7 Å². The summed E-state index contributed by atoms with van der Waals surface area (Å²) in [6.07, 6.45) is 3.15. The lowest BCUT2D eigenvalue weighted by molar-refractivity contribution is -0.384. The molecule has 9 nitrogen and oxygen atoms in total. The second kappa shape index (κ2) is 6.85. The number of hydrogen-bond acceptors (Lipinski definition) is 7. The molecule has 2 aromatic heterocycles. The van der Waals surface area contributed by atoms with Crippen LogP contribution in [-0.2, 0) is 7.05 Å². The molecule has 128 valence electrons. The van der Waals surface area contributed by atoms with Crippen LogP contribution in [0.1, 0.15) is 5.69 Å². The molecule has 0 radical (unpaired) electrons. The largest absolute Gasteiger partial charge is 0.424 e. The van der Waals surface area contributed by atoms with Gasteiger partial charge in [-0.15, -0.1) is 0 Å². The molecule has 10 heteroatoms. The van der Waals surface area contributed by atoms with E-state index in [4.69, 9.17) is 4.74 Å². The molecule has 25 heavy (non-hydrogen) atoms. The molecule has 0 fully saturated rings. The summed E-state index contributed by atoms with van der Waals surface area (Å²) in [6, 6.07) is 7.15. The zero-order valence-corrected chi connectivity index (χ0v) is 14.9. The van der Waals surface area contributed by atoms with Crippen molar-refractivity contribution in [1.29, 1.82) is 0 Å². The van der Waals surface area contributed by atoms with Crippen LogP contribution in [0.25, 0.3) is 0 Å². The smallest absolute Gasteiger partial charge is 0.334 e. The lowest BCUT2D eigenvalue weighted by atomic mass is 10.3. The number of nitro groups is 1. The summed E-state index contributed by atoms with van der Waals surface area (Å²) in [5.41, 5.74) is 0.886. The number of nitrogens with one attached hydrogen (secondary N) is 1. The highest BCUT2D eigenvalue weighted by molar-refractivity contribution is 9.10. The molecule has 0 aliphatic heterocycles. The zero-order valence-electron chi connectivity index (χ0n) is 13.3. The molecule has 0 saturated heterocycles. The van der Waals surface area contributed by atoms with Gasteiger partial charge in [0.05, 0.1) is 9.40 Å². The van der Waals surface area contributed by atoms with Gasteiger partial charge in [-0.25, -0.2) is 14.6 Å². The van der Waals surface area contributed by atoms with Crippen LogP contribution in [0.15, 0.2) is 41.1 Å². The second-order valence-electron chi connectivity index (χ2n) is 5.10. The first-order valence-corrected chi connectivity index (χ1v) is 7.94. The Kier molecular flexibility index (Phi) is 4.61. The summed E-state index contributed by atoms with van der Waals surface area (Å²) in [4.78, 5) is 18.9. The molecule has 0 atom stereocenters. The Hall–Kier alpha value is -3.01. The molecule has 0 bridgehead atoms. The SMILES string of the molecule is Cc1nn(C)c(Nc2cccc(Oc3ncc(Br)cn3)c2)c1[N+](=O)[O-]. The van der Waals surface area contributed by atoms with Gasteiger partial charge in [0.15, 0.2) is 0 Å². The van der Waals surface area contributed by atoms with Crippen LogP contribution >= 0.6 is 15.9 Å². The quantitative estimate of drug-likeness (QED) is 0.509. The monoisotopic (exact) mass is 404 g/mol. The van der Waals surface area contributed by atoms with Crippen molar-refractivity contribution in [3.63, 3.8) is 0 Å². The van der Waals surface area contributed by atoms with E-state index < -0.39 is 4.92 Å². The molecule has 0 unspecified atom stereocenters. The van der Waals surface area contributed by atoms with E-state index >= 15 is 0 Å². The Morgan fingerprint density at radius 3 is 2.72 bits per heavy atom. The van der Waals surface area contributed by atoms with E-state index in [0.29, 0.717) is 22.9 Å². The van der Waals surface area contributed by atoms with Crippen molar-refractivity contribution in [2.45, 2.75) is 6.92 Å². The summed E-state index contributed by atoms with van der Waals surface area (Å²) >= 11 is 3.25. The Morgan fingerprint density at radius 2 is 2.04 bits per heavy atom. The number of ether oxygens (including phenoxy) is 1. The number of benzene rings is 1. The van der Waals surface area contributed by atoms with Crippen LogP contribution in [0.5, 0.6) is 11.8 Å². The van der Waals surface area contributed by atoms with Crippen molar-refractivity contribution in [3.05, 3.63) is 56.9 Å². The van der Waals surface area contributed by atoms with Crippen molar-refractivity contribution in [1.82, 2.24) is 19.7 Å². The van der Waals surface area contributed by atoms with Gasteiger partial charge in [-0.05, 0) is 35.0 Å². The molecule has 0 amide bonds. The fourth-order valence-electron chi connectivity index (χ4n) is 2.24. The molecule has 1 aromatic carbocycles. The summed E-state index contributed by atoms with van der Waals surface area (Å²) in [5.74, 6) is 0.786. The van der Waals surface area contributed by atoms with Crippen LogP contribution < -0.4 is 10.1 Å². The summed E-state index contributed by atoms with van der Waals surface area (Å²) in [5, 5.41) is 18.3. The van der Waals surface area contributed by atoms with Gasteiger partial charge in [-0.3, -0.25) is 10.1 Å². The second-order valence-corrected chi connectivity index (χ2v) is 6.02. The average Bonchev–Trinajstić information content (AvgIpc) is 2.84. The third-order valence-corrected chi connectivity index (χ3v) is 3.69. The summed E-state index contributed by atoms with van der Waals surface area (Å²) < 4.78 is 7.76. The summed E-state index contributed by atoms with van der Waals surface area (Å²) in [6.45, 7) is 1.59. The van der Waals surface area contributed by atoms with E-state index in [1.54, 1.807) is 50.6 Å². The predicted molar refractivity (Wildman–Crippen MR) is 94.1 cm³/mol. The van der Waals surface area contributed by atoms with Gasteiger partial charge >= 0.3 is 11.7 Å². The highest BCUT2D eigenvalue weighted by Gasteiger charge is 2.24. The molecule has 0 aliphatic rings. The molecular weight excluding hydrogens is 392 g/mol. The lowest BCUT2D eigenvalue weighted by Gasteiger charge is -2.08. The van der Waals surface area contributed by atoms with E-state index in [9.17, 15) is 10.1 Å². The molecule has 1 N–H and O–H groups in total. The van der Waals surface area contributed by atoms with E-state index in [1.807, 2.05) is 0 Å². The maximum atomic E-state index is 11.2. The molecule has 2 heterocycles. The van der Waals surface area contributed by atoms with Gasteiger partial charge in [0, 0.05) is 31.2 Å². The minimum Gasteiger partial charge on any atom is -0.424 e. The van der Waals surface area contributed by atoms with E-state index in [1.165, 1.54) is 4.68 Å². The van der Waals surface area contributed by atoms with Gasteiger partial charge in [0.2, 0.25) is 5.82 Å². The maximum absolute atomic E-state index is 11.2. The van der Waals surface area contributed by atoms with Gasteiger partial charge in [-0.2, -0.15) is 5.10 Å². The maximum Gasteiger partial charge on any atom is 0.334 e. The van der Waals surface area contributed by atoms with Crippen LogP contribution in [0.2, 0.25) is 0 Å². The molecular formula is C15H13BrN6O3. The van der Waals surface area contributed by atoms with Gasteiger partial charge < -0.3 is 10.1 Å². The number of hydrogen-bond donors (Lipinski definition) is 1. The standard InChI is InChI=1S/C15H13BrN6O3/c1-9-13(22(23)24)14(21(2)20-9)19-11-4-3-5-12(6-11)25-15-17-7-10(16)8-18-15/h3-8,19H,1-2H3. The summed E-state index contributed by atoms with van der Waals surface area (Å²) in [7, 11) is 1.64.